The van der Waals surface area contributed by atoms with Crippen molar-refractivity contribution in [1.82, 2.24) is 5.16 Å². The zero-order valence-electron chi connectivity index (χ0n) is 18.2. The van der Waals surface area contributed by atoms with Crippen molar-refractivity contribution in [3.8, 4) is 0 Å². The molecule has 1 aliphatic carbocycles. The zero-order chi connectivity index (χ0) is 22.9. The Bertz CT molecular complexity index is 1260. The van der Waals surface area contributed by atoms with Crippen LogP contribution in [0.3, 0.4) is 0 Å². The number of anilines is 2. The lowest BCUT2D eigenvalue weighted by Gasteiger charge is -2.19. The number of rotatable bonds is 7. The summed E-state index contributed by atoms with van der Waals surface area (Å²) in [6.07, 6.45) is 5.32. The molecule has 4 rings (SSSR count). The molecule has 0 spiro atoms. The van der Waals surface area contributed by atoms with Gasteiger partial charge in [-0.2, -0.15) is 0 Å². The number of carbonyl (C=O) groups is 1. The highest BCUT2D eigenvalue weighted by atomic mass is 32.2. The van der Waals surface area contributed by atoms with E-state index in [9.17, 15) is 13.2 Å². The summed E-state index contributed by atoms with van der Waals surface area (Å²) < 4.78 is 32.5. The minimum atomic E-state index is -3.67. The molecule has 2 aromatic carbocycles. The van der Waals surface area contributed by atoms with E-state index >= 15 is 0 Å². The maximum absolute atomic E-state index is 13.0. The van der Waals surface area contributed by atoms with Crippen LogP contribution >= 0.6 is 0 Å². The largest absolute Gasteiger partial charge is 0.354 e. The smallest absolute Gasteiger partial charge is 0.264 e. The third kappa shape index (κ3) is 4.60. The Morgan fingerprint density at radius 1 is 1.06 bits per heavy atom. The van der Waals surface area contributed by atoms with Crippen LogP contribution in [0, 0.1) is 19.8 Å². The molecule has 166 valence electrons. The van der Waals surface area contributed by atoms with Crippen molar-refractivity contribution in [1.29, 1.82) is 0 Å². The van der Waals surface area contributed by atoms with E-state index in [2.05, 4.69) is 10.5 Å². The highest BCUT2D eigenvalue weighted by Gasteiger charge is 2.30. The Morgan fingerprint density at radius 3 is 2.34 bits per heavy atom. The monoisotopic (exact) mass is 451 g/mol. The van der Waals surface area contributed by atoms with Crippen LogP contribution in [0.25, 0.3) is 12.2 Å². The number of amides is 1. The van der Waals surface area contributed by atoms with Crippen molar-refractivity contribution in [3.05, 3.63) is 71.1 Å². The van der Waals surface area contributed by atoms with Gasteiger partial charge in [-0.05, 0) is 62.6 Å². The van der Waals surface area contributed by atoms with Gasteiger partial charge >= 0.3 is 0 Å². The molecule has 1 saturated carbocycles. The lowest BCUT2D eigenvalue weighted by Crippen LogP contribution is -2.26. The second kappa shape index (κ2) is 8.63. The molecular formula is C24H25N3O4S. The molecule has 1 aliphatic rings. The van der Waals surface area contributed by atoms with Crippen molar-refractivity contribution in [3.63, 3.8) is 0 Å². The van der Waals surface area contributed by atoms with Gasteiger partial charge in [0.15, 0.2) is 5.76 Å². The standard InChI is InChI=1S/C24H25N3O4S/c1-16-4-11-20(12-5-16)27(3)32(29,30)21-13-6-18(7-14-21)8-15-22-23(17(2)26-31-22)25-24(28)19-9-10-19/h4-8,11-15,19H,9-10H2,1-3H3,(H,25,28)/b15-8-. The van der Waals surface area contributed by atoms with E-state index in [0.29, 0.717) is 22.8 Å². The molecule has 7 nitrogen and oxygen atoms in total. The average molecular weight is 452 g/mol. The van der Waals surface area contributed by atoms with Gasteiger partial charge < -0.3 is 9.84 Å². The molecule has 1 N–H and O–H groups in total. The quantitative estimate of drug-likeness (QED) is 0.565. The number of carbonyl (C=O) groups excluding carboxylic acids is 1. The highest BCUT2D eigenvalue weighted by molar-refractivity contribution is 7.92. The second-order valence-electron chi connectivity index (χ2n) is 7.98. The molecule has 0 aliphatic heterocycles. The Balaban J connectivity index is 1.50. The van der Waals surface area contributed by atoms with Crippen molar-refractivity contribution in [2.45, 2.75) is 31.6 Å². The highest BCUT2D eigenvalue weighted by Crippen LogP contribution is 2.32. The first-order valence-corrected chi connectivity index (χ1v) is 11.8. The van der Waals surface area contributed by atoms with E-state index in [1.807, 2.05) is 19.1 Å². The van der Waals surface area contributed by atoms with Crippen molar-refractivity contribution < 1.29 is 17.7 Å². The average Bonchev–Trinajstić information content (AvgIpc) is 3.58. The SMILES string of the molecule is Cc1ccc(N(C)S(=O)(=O)c2ccc(/C=C\c3onc(C)c3NC(=O)C3CC3)cc2)cc1. The van der Waals surface area contributed by atoms with E-state index in [1.54, 1.807) is 55.5 Å². The predicted octanol–water partition coefficient (Wildman–Crippen LogP) is 4.64. The molecule has 0 unspecified atom stereocenters. The Labute approximate surface area is 187 Å². The third-order valence-corrected chi connectivity index (χ3v) is 7.25. The fourth-order valence-electron chi connectivity index (χ4n) is 3.20. The van der Waals surface area contributed by atoms with Gasteiger partial charge in [0, 0.05) is 13.0 Å². The van der Waals surface area contributed by atoms with Crippen molar-refractivity contribution in [2.24, 2.45) is 5.92 Å². The third-order valence-electron chi connectivity index (χ3n) is 5.45. The number of nitrogens with zero attached hydrogens (tertiary/aromatic N) is 2. The van der Waals surface area contributed by atoms with Gasteiger partial charge in [0.25, 0.3) is 10.0 Å². The van der Waals surface area contributed by atoms with E-state index in [1.165, 1.54) is 11.4 Å². The number of benzene rings is 2. The number of sulfonamides is 1. The normalized spacial score (nSPS) is 14.0. The molecule has 0 atom stereocenters. The topological polar surface area (TPSA) is 92.5 Å². The molecule has 0 saturated heterocycles. The molecule has 32 heavy (non-hydrogen) atoms. The van der Waals surface area contributed by atoms with Crippen LogP contribution in [-0.4, -0.2) is 26.5 Å². The summed E-state index contributed by atoms with van der Waals surface area (Å²) in [5, 5.41) is 6.82. The van der Waals surface area contributed by atoms with Gasteiger partial charge in [-0.25, -0.2) is 8.42 Å². The van der Waals surface area contributed by atoms with Crippen LogP contribution in [0.4, 0.5) is 11.4 Å². The van der Waals surface area contributed by atoms with Gasteiger partial charge in [-0.3, -0.25) is 9.10 Å². The first kappa shape index (κ1) is 21.8. The van der Waals surface area contributed by atoms with Crippen LogP contribution in [-0.2, 0) is 14.8 Å². The maximum Gasteiger partial charge on any atom is 0.264 e. The van der Waals surface area contributed by atoms with E-state index in [0.717, 1.165) is 24.0 Å². The Morgan fingerprint density at radius 2 is 1.72 bits per heavy atom. The van der Waals surface area contributed by atoms with Crippen molar-refractivity contribution in [2.75, 3.05) is 16.7 Å². The molecule has 1 amide bonds. The molecule has 0 radical (unpaired) electrons. The maximum atomic E-state index is 13.0. The summed E-state index contributed by atoms with van der Waals surface area (Å²) in [5.74, 6) is 0.513. The summed E-state index contributed by atoms with van der Waals surface area (Å²) in [6.45, 7) is 3.72. The van der Waals surface area contributed by atoms with E-state index in [-0.39, 0.29) is 16.7 Å². The van der Waals surface area contributed by atoms with Crippen LogP contribution in [0.1, 0.15) is 35.4 Å². The van der Waals surface area contributed by atoms with Gasteiger partial charge in [0.1, 0.15) is 11.4 Å². The van der Waals surface area contributed by atoms with Gasteiger partial charge in [0.2, 0.25) is 5.91 Å². The Kier molecular flexibility index (Phi) is 5.88. The second-order valence-corrected chi connectivity index (χ2v) is 9.95. The van der Waals surface area contributed by atoms with Crippen LogP contribution < -0.4 is 9.62 Å². The number of nitrogens with one attached hydrogen (secondary N) is 1. The predicted molar refractivity (Wildman–Crippen MR) is 125 cm³/mol. The molecule has 0 bridgehead atoms. The fourth-order valence-corrected chi connectivity index (χ4v) is 4.39. The summed E-state index contributed by atoms with van der Waals surface area (Å²) >= 11 is 0. The van der Waals surface area contributed by atoms with E-state index in [4.69, 9.17) is 4.52 Å². The number of hydrogen-bond acceptors (Lipinski definition) is 5. The summed E-state index contributed by atoms with van der Waals surface area (Å²) in [5.41, 5.74) is 3.63. The molecule has 1 heterocycles. The van der Waals surface area contributed by atoms with Crippen molar-refractivity contribution >= 4 is 39.5 Å². The van der Waals surface area contributed by atoms with Gasteiger partial charge in [-0.1, -0.05) is 41.1 Å². The zero-order valence-corrected chi connectivity index (χ0v) is 19.0. The van der Waals surface area contributed by atoms with Crippen LogP contribution in [0.15, 0.2) is 57.9 Å². The summed E-state index contributed by atoms with van der Waals surface area (Å²) in [6, 6.07) is 13.9. The number of hydrogen-bond donors (Lipinski definition) is 1. The minimum absolute atomic E-state index is 0.0155. The van der Waals surface area contributed by atoms with Gasteiger partial charge in [-0.15, -0.1) is 0 Å². The van der Waals surface area contributed by atoms with Crippen LogP contribution in [0.2, 0.25) is 0 Å². The minimum Gasteiger partial charge on any atom is -0.354 e. The van der Waals surface area contributed by atoms with E-state index < -0.39 is 10.0 Å². The van der Waals surface area contributed by atoms with Gasteiger partial charge in [0.05, 0.1) is 10.6 Å². The molecular weight excluding hydrogens is 426 g/mol. The number of aryl methyl sites for hydroxylation is 2. The Hall–Kier alpha value is -3.39. The first-order valence-electron chi connectivity index (χ1n) is 10.4. The first-order chi connectivity index (χ1) is 15.3. The lowest BCUT2D eigenvalue weighted by molar-refractivity contribution is -0.117. The number of aromatic nitrogens is 1. The lowest BCUT2D eigenvalue weighted by atomic mass is 10.2. The summed E-state index contributed by atoms with van der Waals surface area (Å²) in [4.78, 5) is 12.3. The summed E-state index contributed by atoms with van der Waals surface area (Å²) in [7, 11) is -2.14. The molecule has 8 heteroatoms. The molecule has 1 fully saturated rings. The van der Waals surface area contributed by atoms with Crippen LogP contribution in [0.5, 0.6) is 0 Å². The molecule has 1 aromatic heterocycles. The molecule has 3 aromatic rings. The fraction of sp³-hybridized carbons (Fsp3) is 0.250.